The van der Waals surface area contributed by atoms with Crippen molar-refractivity contribution >= 4 is 0 Å². The number of aliphatic hydroxyl groups excluding tert-OH is 1. The summed E-state index contributed by atoms with van der Waals surface area (Å²) in [5, 5.41) is 14.1. The minimum atomic E-state index is -0.523. The Morgan fingerprint density at radius 3 is 2.36 bits per heavy atom. The molecule has 0 amide bonds. The van der Waals surface area contributed by atoms with Gasteiger partial charge in [0.2, 0.25) is 0 Å². The molecule has 2 aromatic rings. The quantitative estimate of drug-likeness (QED) is 0.822. The van der Waals surface area contributed by atoms with E-state index in [1.807, 2.05) is 30.3 Å². The zero-order valence-electron chi connectivity index (χ0n) is 13.0. The molecule has 0 aliphatic heterocycles. The van der Waals surface area contributed by atoms with Crippen LogP contribution in [0.5, 0.6) is 0 Å². The SMILES string of the molecule is OC(Cc1ccccc1)NC1(c2cc[c]cc2)CCCCC1. The molecule has 0 bridgehead atoms. The van der Waals surface area contributed by atoms with Gasteiger partial charge in [-0.2, -0.15) is 0 Å². The standard InChI is InChI=1S/C20H24NO/c22-19(16-17-10-4-1-5-11-17)21-20(14-8-3-9-15-20)18-12-6-2-7-13-18/h1,4-7,10-13,19,21-22H,3,8-9,14-16H2. The van der Waals surface area contributed by atoms with E-state index in [0.717, 1.165) is 18.4 Å². The zero-order valence-corrected chi connectivity index (χ0v) is 13.0. The Labute approximate surface area is 133 Å². The lowest BCUT2D eigenvalue weighted by Gasteiger charge is -2.40. The Kier molecular flexibility index (Phi) is 4.91. The van der Waals surface area contributed by atoms with E-state index in [-0.39, 0.29) is 5.54 Å². The Hall–Kier alpha value is -1.64. The Bertz CT molecular complexity index is 561. The van der Waals surface area contributed by atoms with E-state index in [9.17, 15) is 5.11 Å². The van der Waals surface area contributed by atoms with Gasteiger partial charge in [0.15, 0.2) is 0 Å². The van der Waals surface area contributed by atoms with E-state index < -0.39 is 6.23 Å². The molecule has 0 aromatic heterocycles. The third-order valence-corrected chi connectivity index (χ3v) is 4.69. The molecular formula is C20H24NO. The number of nitrogens with one attached hydrogen (secondary N) is 1. The average molecular weight is 294 g/mol. The molecule has 1 aliphatic rings. The van der Waals surface area contributed by atoms with Crippen LogP contribution in [-0.2, 0) is 12.0 Å². The van der Waals surface area contributed by atoms with Gasteiger partial charge < -0.3 is 5.11 Å². The number of benzene rings is 2. The summed E-state index contributed by atoms with van der Waals surface area (Å²) in [6.45, 7) is 0. The van der Waals surface area contributed by atoms with Crippen LogP contribution in [0, 0.1) is 6.07 Å². The summed E-state index contributed by atoms with van der Waals surface area (Å²) in [7, 11) is 0. The lowest BCUT2D eigenvalue weighted by Crippen LogP contribution is -2.50. The molecule has 1 saturated carbocycles. The maximum atomic E-state index is 10.6. The normalized spacial score (nSPS) is 18.8. The molecule has 2 N–H and O–H groups in total. The zero-order chi connectivity index (χ0) is 15.3. The highest BCUT2D eigenvalue weighted by Gasteiger charge is 2.35. The van der Waals surface area contributed by atoms with Crippen LogP contribution >= 0.6 is 0 Å². The second-order valence-electron chi connectivity index (χ2n) is 6.28. The van der Waals surface area contributed by atoms with E-state index in [1.54, 1.807) is 0 Å². The van der Waals surface area contributed by atoms with Crippen LogP contribution in [0.25, 0.3) is 0 Å². The van der Waals surface area contributed by atoms with Gasteiger partial charge in [-0.25, -0.2) is 0 Å². The van der Waals surface area contributed by atoms with Crippen molar-refractivity contribution in [2.45, 2.75) is 50.3 Å². The fourth-order valence-corrected chi connectivity index (χ4v) is 3.58. The molecule has 1 fully saturated rings. The average Bonchev–Trinajstić information content (AvgIpc) is 2.57. The van der Waals surface area contributed by atoms with Crippen LogP contribution in [0.15, 0.2) is 54.6 Å². The van der Waals surface area contributed by atoms with Crippen molar-refractivity contribution < 1.29 is 5.11 Å². The van der Waals surface area contributed by atoms with Crippen molar-refractivity contribution in [1.29, 1.82) is 0 Å². The lowest BCUT2D eigenvalue weighted by molar-refractivity contribution is 0.0710. The minimum Gasteiger partial charge on any atom is -0.378 e. The maximum absolute atomic E-state index is 10.6. The van der Waals surface area contributed by atoms with Crippen LogP contribution in [0.4, 0.5) is 0 Å². The molecule has 1 atom stereocenters. The number of aliphatic hydroxyl groups is 1. The van der Waals surface area contributed by atoms with Crippen molar-refractivity contribution in [1.82, 2.24) is 5.32 Å². The van der Waals surface area contributed by atoms with Crippen LogP contribution in [-0.4, -0.2) is 11.3 Å². The van der Waals surface area contributed by atoms with Gasteiger partial charge in [0.1, 0.15) is 6.23 Å². The maximum Gasteiger partial charge on any atom is 0.109 e. The first kappa shape index (κ1) is 15.3. The van der Waals surface area contributed by atoms with Gasteiger partial charge in [0.25, 0.3) is 0 Å². The van der Waals surface area contributed by atoms with Gasteiger partial charge in [-0.1, -0.05) is 73.9 Å². The molecule has 22 heavy (non-hydrogen) atoms. The predicted molar refractivity (Wildman–Crippen MR) is 89.3 cm³/mol. The highest BCUT2D eigenvalue weighted by molar-refractivity contribution is 5.25. The molecule has 0 heterocycles. The van der Waals surface area contributed by atoms with E-state index in [0.29, 0.717) is 6.42 Å². The molecular weight excluding hydrogens is 270 g/mol. The van der Waals surface area contributed by atoms with Gasteiger partial charge in [0, 0.05) is 12.0 Å². The molecule has 1 unspecified atom stereocenters. The second-order valence-corrected chi connectivity index (χ2v) is 6.28. The molecule has 3 rings (SSSR count). The van der Waals surface area contributed by atoms with Gasteiger partial charge >= 0.3 is 0 Å². The van der Waals surface area contributed by atoms with Gasteiger partial charge in [-0.15, -0.1) is 0 Å². The number of hydrogen-bond donors (Lipinski definition) is 2. The first-order valence-corrected chi connectivity index (χ1v) is 8.25. The second kappa shape index (κ2) is 7.08. The van der Waals surface area contributed by atoms with Crippen LogP contribution < -0.4 is 5.32 Å². The van der Waals surface area contributed by atoms with Crippen molar-refractivity contribution in [2.24, 2.45) is 0 Å². The van der Waals surface area contributed by atoms with Crippen LogP contribution in [0.1, 0.15) is 43.2 Å². The summed E-state index contributed by atoms with van der Waals surface area (Å²) in [5.41, 5.74) is 2.34. The summed E-state index contributed by atoms with van der Waals surface area (Å²) in [4.78, 5) is 0. The van der Waals surface area contributed by atoms with E-state index >= 15 is 0 Å². The first-order valence-electron chi connectivity index (χ1n) is 8.25. The summed E-state index contributed by atoms with van der Waals surface area (Å²) in [5.74, 6) is 0. The number of rotatable bonds is 5. The molecule has 115 valence electrons. The Balaban J connectivity index is 1.76. The lowest BCUT2D eigenvalue weighted by atomic mass is 9.76. The molecule has 0 spiro atoms. The predicted octanol–water partition coefficient (Wildman–Crippen LogP) is 3.80. The molecule has 1 radical (unpaired) electrons. The largest absolute Gasteiger partial charge is 0.378 e. The fraction of sp³-hybridized carbons (Fsp3) is 0.400. The third kappa shape index (κ3) is 3.57. The van der Waals surface area contributed by atoms with Crippen molar-refractivity contribution in [2.75, 3.05) is 0 Å². The summed E-state index contributed by atoms with van der Waals surface area (Å²) in [6.07, 6.45) is 6.00. The number of hydrogen-bond acceptors (Lipinski definition) is 2. The third-order valence-electron chi connectivity index (χ3n) is 4.69. The Morgan fingerprint density at radius 2 is 1.68 bits per heavy atom. The van der Waals surface area contributed by atoms with Crippen molar-refractivity contribution in [3.63, 3.8) is 0 Å². The van der Waals surface area contributed by atoms with Gasteiger partial charge in [-0.3, -0.25) is 5.32 Å². The van der Waals surface area contributed by atoms with E-state index in [1.165, 1.54) is 24.8 Å². The highest BCUT2D eigenvalue weighted by Crippen LogP contribution is 2.37. The molecule has 2 heteroatoms. The van der Waals surface area contributed by atoms with Gasteiger partial charge in [-0.05, 0) is 30.0 Å². The Morgan fingerprint density at radius 1 is 1.00 bits per heavy atom. The van der Waals surface area contributed by atoms with Crippen LogP contribution in [0.3, 0.4) is 0 Å². The van der Waals surface area contributed by atoms with E-state index in [2.05, 4.69) is 35.6 Å². The summed E-state index contributed by atoms with van der Waals surface area (Å²) >= 11 is 0. The molecule has 0 saturated heterocycles. The fourth-order valence-electron chi connectivity index (χ4n) is 3.58. The van der Waals surface area contributed by atoms with Crippen LogP contribution in [0.2, 0.25) is 0 Å². The topological polar surface area (TPSA) is 32.3 Å². The molecule has 2 aromatic carbocycles. The summed E-state index contributed by atoms with van der Waals surface area (Å²) in [6, 6.07) is 21.5. The highest BCUT2D eigenvalue weighted by atomic mass is 16.3. The first-order chi connectivity index (χ1) is 10.8. The van der Waals surface area contributed by atoms with Crippen molar-refractivity contribution in [3.8, 4) is 0 Å². The van der Waals surface area contributed by atoms with E-state index in [4.69, 9.17) is 0 Å². The summed E-state index contributed by atoms with van der Waals surface area (Å²) < 4.78 is 0. The molecule has 1 aliphatic carbocycles. The monoisotopic (exact) mass is 294 g/mol. The van der Waals surface area contributed by atoms with Crippen molar-refractivity contribution in [3.05, 3.63) is 71.8 Å². The molecule has 2 nitrogen and oxygen atoms in total. The smallest absolute Gasteiger partial charge is 0.109 e. The minimum absolute atomic E-state index is 0.0957. The van der Waals surface area contributed by atoms with Gasteiger partial charge in [0.05, 0.1) is 0 Å².